The number of alkyl halides is 3. The molecule has 1 aromatic heterocycles. The van der Waals surface area contributed by atoms with Gasteiger partial charge in [-0.3, -0.25) is 4.72 Å². The lowest BCUT2D eigenvalue weighted by molar-refractivity contribution is -0.139. The van der Waals surface area contributed by atoms with Crippen molar-refractivity contribution in [2.45, 2.75) is 11.1 Å². The van der Waals surface area contributed by atoms with Crippen LogP contribution < -0.4 is 9.46 Å². The number of benzene rings is 2. The number of aromatic carboxylic acids is 1. The topological polar surface area (TPSA) is 130 Å². The number of nitrogens with one attached hydrogen (secondary N) is 1. The summed E-state index contributed by atoms with van der Waals surface area (Å²) in [5.74, 6) is -2.85. The average molecular weight is 580 g/mol. The van der Waals surface area contributed by atoms with Crippen molar-refractivity contribution >= 4 is 54.9 Å². The molecule has 34 heavy (non-hydrogen) atoms. The van der Waals surface area contributed by atoms with E-state index in [1.165, 1.54) is 18.2 Å². The molecule has 14 heteroatoms. The minimum Gasteiger partial charge on any atom is -0.479 e. The van der Waals surface area contributed by atoms with Gasteiger partial charge in [-0.1, -0.05) is 12.1 Å². The summed E-state index contributed by atoms with van der Waals surface area (Å²) in [6, 6.07) is 8.77. The Bertz CT molecular complexity index is 1350. The van der Waals surface area contributed by atoms with E-state index in [0.717, 1.165) is 23.5 Å². The van der Waals surface area contributed by atoms with Gasteiger partial charge in [0.15, 0.2) is 17.2 Å². The minimum atomic E-state index is -4.61. The Labute approximate surface area is 202 Å². The summed E-state index contributed by atoms with van der Waals surface area (Å²) in [6.07, 6.45) is -4.61. The highest BCUT2D eigenvalue weighted by atomic mass is 79.9. The maximum Gasteiger partial charge on any atom is 0.416 e. The molecule has 0 saturated carbocycles. The number of rotatable bonds is 8. The molecule has 0 aliphatic heterocycles. The highest BCUT2D eigenvalue weighted by Crippen LogP contribution is 2.46. The first-order valence-corrected chi connectivity index (χ1v) is 12.1. The van der Waals surface area contributed by atoms with Crippen molar-refractivity contribution in [2.75, 3.05) is 11.3 Å². The van der Waals surface area contributed by atoms with Crippen LogP contribution in [-0.4, -0.2) is 37.2 Å². The minimum absolute atomic E-state index is 0.0579. The van der Waals surface area contributed by atoms with Gasteiger partial charge in [0.2, 0.25) is 0 Å². The first-order chi connectivity index (χ1) is 15.8. The number of hydrogen-bond acceptors (Lipinski definition) is 6. The van der Waals surface area contributed by atoms with Gasteiger partial charge in [-0.05, 0) is 57.9 Å². The molecule has 0 aliphatic carbocycles. The van der Waals surface area contributed by atoms with Gasteiger partial charge < -0.3 is 14.9 Å². The lowest BCUT2D eigenvalue weighted by atomic mass is 10.1. The molecule has 3 rings (SSSR count). The summed E-state index contributed by atoms with van der Waals surface area (Å²) < 4.78 is 70.9. The van der Waals surface area contributed by atoms with Crippen molar-refractivity contribution in [3.05, 3.63) is 63.4 Å². The Hall–Kier alpha value is -3.10. The maximum absolute atomic E-state index is 12.7. The van der Waals surface area contributed by atoms with Crippen molar-refractivity contribution in [3.63, 3.8) is 0 Å². The number of aliphatic carboxylic acids is 1. The summed E-state index contributed by atoms with van der Waals surface area (Å²) in [5, 5.41) is 18.2. The van der Waals surface area contributed by atoms with E-state index in [0.29, 0.717) is 22.6 Å². The van der Waals surface area contributed by atoms with Gasteiger partial charge in [0.05, 0.1) is 19.8 Å². The summed E-state index contributed by atoms with van der Waals surface area (Å²) in [6.45, 7) is -0.776. The molecule has 180 valence electrons. The fraction of sp³-hybridized carbons (Fsp3) is 0.100. The van der Waals surface area contributed by atoms with Gasteiger partial charge >= 0.3 is 18.1 Å². The van der Waals surface area contributed by atoms with Gasteiger partial charge in [0, 0.05) is 5.69 Å². The maximum atomic E-state index is 12.7. The van der Waals surface area contributed by atoms with Gasteiger partial charge in [0.25, 0.3) is 10.0 Å². The quantitative estimate of drug-likeness (QED) is 0.336. The molecule has 3 aromatic rings. The van der Waals surface area contributed by atoms with Crippen LogP contribution in [0.3, 0.4) is 0 Å². The molecular formula is C20H13BrF3NO7S2. The molecule has 8 nitrogen and oxygen atoms in total. The fourth-order valence-electron chi connectivity index (χ4n) is 2.75. The van der Waals surface area contributed by atoms with Crippen molar-refractivity contribution < 1.29 is 46.1 Å². The molecule has 0 aliphatic rings. The molecule has 0 bridgehead atoms. The predicted octanol–water partition coefficient (Wildman–Crippen LogP) is 5.16. The predicted molar refractivity (Wildman–Crippen MR) is 120 cm³/mol. The van der Waals surface area contributed by atoms with E-state index in [1.54, 1.807) is 6.07 Å². The average Bonchev–Trinajstić information content (AvgIpc) is 3.08. The number of carboxylic acids is 2. The van der Waals surface area contributed by atoms with Crippen molar-refractivity contribution in [1.82, 2.24) is 0 Å². The third-order valence-corrected chi connectivity index (χ3v) is 7.84. The molecule has 0 fully saturated rings. The normalized spacial score (nSPS) is 11.8. The van der Waals surface area contributed by atoms with E-state index < -0.39 is 40.3 Å². The van der Waals surface area contributed by atoms with E-state index in [4.69, 9.17) is 9.84 Å². The molecule has 1 heterocycles. The molecule has 0 unspecified atom stereocenters. The Morgan fingerprint density at radius 3 is 2.29 bits per heavy atom. The van der Waals surface area contributed by atoms with E-state index in [9.17, 15) is 36.3 Å². The van der Waals surface area contributed by atoms with Crippen LogP contribution in [0.4, 0.5) is 18.9 Å². The van der Waals surface area contributed by atoms with Gasteiger partial charge in [-0.2, -0.15) is 13.2 Å². The monoisotopic (exact) mass is 579 g/mol. The van der Waals surface area contributed by atoms with E-state index in [1.807, 2.05) is 0 Å². The van der Waals surface area contributed by atoms with Gasteiger partial charge in [-0.15, -0.1) is 11.3 Å². The fourth-order valence-corrected chi connectivity index (χ4v) is 5.68. The second kappa shape index (κ2) is 9.64. The molecule has 0 atom stereocenters. The van der Waals surface area contributed by atoms with Gasteiger partial charge in [0.1, 0.15) is 0 Å². The summed E-state index contributed by atoms with van der Waals surface area (Å²) in [5.41, 5.74) is -0.564. The molecule has 0 amide bonds. The van der Waals surface area contributed by atoms with E-state index >= 15 is 0 Å². The van der Waals surface area contributed by atoms with Crippen LogP contribution in [-0.2, 0) is 21.0 Å². The van der Waals surface area contributed by atoms with Gasteiger partial charge in [-0.25, -0.2) is 18.0 Å². The molecule has 0 radical (unpaired) electrons. The van der Waals surface area contributed by atoms with Crippen molar-refractivity contribution in [2.24, 2.45) is 0 Å². The Balaban J connectivity index is 1.93. The summed E-state index contributed by atoms with van der Waals surface area (Å²) in [7, 11) is -4.23. The Kier molecular flexibility index (Phi) is 7.24. The Morgan fingerprint density at radius 1 is 1.09 bits per heavy atom. The second-order valence-electron chi connectivity index (χ2n) is 6.60. The van der Waals surface area contributed by atoms with Crippen molar-refractivity contribution in [3.8, 4) is 16.2 Å². The third-order valence-electron chi connectivity index (χ3n) is 4.21. The van der Waals surface area contributed by atoms with Crippen LogP contribution in [0.5, 0.6) is 5.75 Å². The van der Waals surface area contributed by atoms with Crippen LogP contribution >= 0.6 is 27.3 Å². The number of carboxylic acid groups (broad SMARTS) is 2. The van der Waals surface area contributed by atoms with Crippen LogP contribution in [0, 0.1) is 0 Å². The van der Waals surface area contributed by atoms with Crippen LogP contribution in [0.15, 0.2) is 57.9 Å². The number of sulfonamides is 1. The number of halogens is 4. The Morgan fingerprint density at radius 2 is 1.74 bits per heavy atom. The SMILES string of the molecule is O=C(O)COc1c(C(=O)O)sc(-c2cccc(NS(=O)(=O)c3ccc(C(F)(F)F)cc3)c2)c1Br. The lowest BCUT2D eigenvalue weighted by Crippen LogP contribution is -2.13. The number of carbonyl (C=O) groups is 2. The highest BCUT2D eigenvalue weighted by Gasteiger charge is 2.31. The van der Waals surface area contributed by atoms with Crippen LogP contribution in [0.2, 0.25) is 0 Å². The lowest BCUT2D eigenvalue weighted by Gasteiger charge is -2.11. The zero-order chi connectivity index (χ0) is 25.3. The molecule has 0 saturated heterocycles. The second-order valence-corrected chi connectivity index (χ2v) is 10.1. The van der Waals surface area contributed by atoms with Crippen LogP contribution in [0.1, 0.15) is 15.2 Å². The molecule has 2 aromatic carbocycles. The largest absolute Gasteiger partial charge is 0.479 e. The summed E-state index contributed by atoms with van der Waals surface area (Å²) >= 11 is 3.98. The smallest absolute Gasteiger partial charge is 0.416 e. The highest BCUT2D eigenvalue weighted by molar-refractivity contribution is 9.10. The number of anilines is 1. The number of ether oxygens (including phenoxy) is 1. The van der Waals surface area contributed by atoms with E-state index in [2.05, 4.69) is 20.7 Å². The standard InChI is InChI=1S/C20H13BrF3NO7S2/c21-15-16(32-9-14(26)27)18(19(28)29)33-17(15)10-2-1-3-12(8-10)25-34(30,31)13-6-4-11(5-7-13)20(22,23)24/h1-8,25H,9H2,(H,26,27)(H,28,29). The zero-order valence-corrected chi connectivity index (χ0v) is 19.8. The molecular weight excluding hydrogens is 567 g/mol. The number of hydrogen-bond donors (Lipinski definition) is 3. The third kappa shape index (κ3) is 5.69. The van der Waals surface area contributed by atoms with E-state index in [-0.39, 0.29) is 25.7 Å². The first-order valence-electron chi connectivity index (χ1n) is 9.00. The molecule has 3 N–H and O–H groups in total. The zero-order valence-electron chi connectivity index (χ0n) is 16.6. The van der Waals surface area contributed by atoms with Crippen LogP contribution in [0.25, 0.3) is 10.4 Å². The van der Waals surface area contributed by atoms with Crippen molar-refractivity contribution in [1.29, 1.82) is 0 Å². The number of thiophene rings is 1. The first kappa shape index (κ1) is 25.5. The summed E-state index contributed by atoms with van der Waals surface area (Å²) in [4.78, 5) is 22.0. The molecule has 0 spiro atoms.